The Bertz CT molecular complexity index is 231. The van der Waals surface area contributed by atoms with Crippen LogP contribution in [-0.4, -0.2) is 42.8 Å². The Balaban J connectivity index is 1.70. The van der Waals surface area contributed by atoms with E-state index in [1.807, 2.05) is 4.90 Å². The Morgan fingerprint density at radius 1 is 1.25 bits per heavy atom. The van der Waals surface area contributed by atoms with Gasteiger partial charge in [0.1, 0.15) is 6.23 Å². The van der Waals surface area contributed by atoms with Gasteiger partial charge in [-0.25, -0.2) is 0 Å². The molecule has 2 aliphatic heterocycles. The summed E-state index contributed by atoms with van der Waals surface area (Å²) in [7, 11) is 0. The van der Waals surface area contributed by atoms with Gasteiger partial charge in [0.25, 0.3) is 0 Å². The summed E-state index contributed by atoms with van der Waals surface area (Å²) in [5.41, 5.74) is 0. The van der Waals surface area contributed by atoms with Gasteiger partial charge in [0.05, 0.1) is 0 Å². The summed E-state index contributed by atoms with van der Waals surface area (Å²) in [5, 5.41) is 3.56. The molecule has 1 atom stereocenters. The zero-order chi connectivity index (χ0) is 11.4. The minimum atomic E-state index is 0.201. The van der Waals surface area contributed by atoms with Gasteiger partial charge < -0.3 is 9.64 Å². The highest BCUT2D eigenvalue weighted by Gasteiger charge is 2.23. The third kappa shape index (κ3) is 3.19. The smallest absolute Gasteiger partial charge is 0.219 e. The minimum absolute atomic E-state index is 0.201. The van der Waals surface area contributed by atoms with E-state index in [1.54, 1.807) is 6.92 Å². The van der Waals surface area contributed by atoms with Gasteiger partial charge >= 0.3 is 0 Å². The molecule has 0 aromatic rings. The maximum Gasteiger partial charge on any atom is 0.219 e. The molecule has 2 fully saturated rings. The average molecular weight is 226 g/mol. The highest BCUT2D eigenvalue weighted by molar-refractivity contribution is 5.73. The van der Waals surface area contributed by atoms with Gasteiger partial charge in [0, 0.05) is 32.7 Å². The quantitative estimate of drug-likeness (QED) is 0.767. The lowest BCUT2D eigenvalue weighted by molar-refractivity contribution is -0.130. The van der Waals surface area contributed by atoms with E-state index in [4.69, 9.17) is 4.74 Å². The van der Waals surface area contributed by atoms with Crippen molar-refractivity contribution in [3.63, 3.8) is 0 Å². The topological polar surface area (TPSA) is 41.6 Å². The zero-order valence-corrected chi connectivity index (χ0v) is 10.1. The maximum absolute atomic E-state index is 11.2. The Labute approximate surface area is 97.3 Å². The van der Waals surface area contributed by atoms with Gasteiger partial charge in [0.15, 0.2) is 0 Å². The molecule has 16 heavy (non-hydrogen) atoms. The van der Waals surface area contributed by atoms with Gasteiger partial charge in [-0.2, -0.15) is 0 Å². The number of hydrogen-bond donors (Lipinski definition) is 1. The zero-order valence-electron chi connectivity index (χ0n) is 10.1. The van der Waals surface area contributed by atoms with Crippen molar-refractivity contribution in [1.29, 1.82) is 0 Å². The number of carbonyl (C=O) groups is 1. The van der Waals surface area contributed by atoms with Crippen LogP contribution in [0.15, 0.2) is 0 Å². The fourth-order valence-electron chi connectivity index (χ4n) is 2.50. The van der Waals surface area contributed by atoms with Gasteiger partial charge in [-0.05, 0) is 32.1 Å². The largest absolute Gasteiger partial charge is 0.363 e. The summed E-state index contributed by atoms with van der Waals surface area (Å²) in [4.78, 5) is 13.1. The minimum Gasteiger partial charge on any atom is -0.363 e. The van der Waals surface area contributed by atoms with Crippen LogP contribution >= 0.6 is 0 Å². The molecule has 2 aliphatic rings. The van der Waals surface area contributed by atoms with E-state index < -0.39 is 0 Å². The van der Waals surface area contributed by atoms with E-state index in [-0.39, 0.29) is 12.1 Å². The predicted octanol–water partition coefficient (Wildman–Crippen LogP) is 1.11. The van der Waals surface area contributed by atoms with Crippen LogP contribution in [0.2, 0.25) is 0 Å². The van der Waals surface area contributed by atoms with Crippen molar-refractivity contribution >= 4 is 5.91 Å². The van der Waals surface area contributed by atoms with Gasteiger partial charge in [0.2, 0.25) is 5.91 Å². The fraction of sp³-hybridized carbons (Fsp3) is 0.917. The number of likely N-dealkylation sites (tertiary alicyclic amines) is 1. The maximum atomic E-state index is 11.2. The molecule has 0 aromatic heterocycles. The second-order valence-electron chi connectivity index (χ2n) is 4.80. The van der Waals surface area contributed by atoms with Crippen molar-refractivity contribution < 1.29 is 9.53 Å². The molecule has 92 valence electrons. The number of piperidine rings is 1. The molecule has 4 heteroatoms. The van der Waals surface area contributed by atoms with Crippen LogP contribution in [0.3, 0.4) is 0 Å². The Kier molecular flexibility index (Phi) is 4.18. The summed E-state index contributed by atoms with van der Waals surface area (Å²) in [6.45, 7) is 4.32. The first-order chi connectivity index (χ1) is 7.75. The molecule has 0 aromatic carbocycles. The first kappa shape index (κ1) is 11.9. The van der Waals surface area contributed by atoms with Crippen LogP contribution in [0.4, 0.5) is 0 Å². The van der Waals surface area contributed by atoms with Gasteiger partial charge in [-0.3, -0.25) is 10.1 Å². The fourth-order valence-corrected chi connectivity index (χ4v) is 2.50. The lowest BCUT2D eigenvalue weighted by Gasteiger charge is -2.35. The summed E-state index contributed by atoms with van der Waals surface area (Å²) >= 11 is 0. The Morgan fingerprint density at radius 3 is 2.56 bits per heavy atom. The highest BCUT2D eigenvalue weighted by Crippen LogP contribution is 2.15. The molecule has 2 heterocycles. The van der Waals surface area contributed by atoms with Crippen molar-refractivity contribution in [2.45, 2.75) is 51.3 Å². The number of carbonyl (C=O) groups excluding carboxylic acids is 1. The van der Waals surface area contributed by atoms with E-state index in [0.29, 0.717) is 6.04 Å². The van der Waals surface area contributed by atoms with Crippen LogP contribution in [0.5, 0.6) is 0 Å². The SMILES string of the molecule is CC(=O)N1CCC(NC2CCCCO2)CC1. The lowest BCUT2D eigenvalue weighted by atomic mass is 10.0. The molecule has 1 unspecified atom stereocenters. The van der Waals surface area contributed by atoms with E-state index in [0.717, 1.165) is 39.0 Å². The molecule has 0 radical (unpaired) electrons. The summed E-state index contributed by atoms with van der Waals surface area (Å²) < 4.78 is 5.66. The molecule has 4 nitrogen and oxygen atoms in total. The second kappa shape index (κ2) is 5.64. The van der Waals surface area contributed by atoms with Crippen LogP contribution < -0.4 is 5.32 Å². The summed E-state index contributed by atoms with van der Waals surface area (Å²) in [6, 6.07) is 0.527. The first-order valence-corrected chi connectivity index (χ1v) is 6.39. The van der Waals surface area contributed by atoms with E-state index in [1.165, 1.54) is 12.8 Å². The number of amides is 1. The molecule has 2 saturated heterocycles. The van der Waals surface area contributed by atoms with E-state index in [2.05, 4.69) is 5.32 Å². The third-order valence-electron chi connectivity index (χ3n) is 3.54. The number of rotatable bonds is 2. The summed E-state index contributed by atoms with van der Waals surface area (Å²) in [6.07, 6.45) is 5.96. The lowest BCUT2D eigenvalue weighted by Crippen LogP contribution is -2.48. The van der Waals surface area contributed by atoms with Crippen LogP contribution in [0.25, 0.3) is 0 Å². The third-order valence-corrected chi connectivity index (χ3v) is 3.54. The monoisotopic (exact) mass is 226 g/mol. The van der Waals surface area contributed by atoms with Gasteiger partial charge in [-0.15, -0.1) is 0 Å². The van der Waals surface area contributed by atoms with E-state index >= 15 is 0 Å². The van der Waals surface area contributed by atoms with Crippen molar-refractivity contribution in [2.75, 3.05) is 19.7 Å². The highest BCUT2D eigenvalue weighted by atomic mass is 16.5. The number of hydrogen-bond acceptors (Lipinski definition) is 3. The van der Waals surface area contributed by atoms with Crippen molar-refractivity contribution in [3.05, 3.63) is 0 Å². The number of nitrogens with one attached hydrogen (secondary N) is 1. The Hall–Kier alpha value is -0.610. The standard InChI is InChI=1S/C12H22N2O2/c1-10(15)14-7-5-11(6-8-14)13-12-4-2-3-9-16-12/h11-13H,2-9H2,1H3. The molecule has 0 saturated carbocycles. The molecule has 1 N–H and O–H groups in total. The number of ether oxygens (including phenoxy) is 1. The predicted molar refractivity (Wildman–Crippen MR) is 62.0 cm³/mol. The molecule has 1 amide bonds. The molecule has 2 rings (SSSR count). The molecule has 0 bridgehead atoms. The van der Waals surface area contributed by atoms with Crippen molar-refractivity contribution in [2.24, 2.45) is 0 Å². The van der Waals surface area contributed by atoms with Crippen LogP contribution in [0.1, 0.15) is 39.0 Å². The Morgan fingerprint density at radius 2 is 2.00 bits per heavy atom. The van der Waals surface area contributed by atoms with Crippen molar-refractivity contribution in [1.82, 2.24) is 10.2 Å². The van der Waals surface area contributed by atoms with Crippen LogP contribution in [-0.2, 0) is 9.53 Å². The van der Waals surface area contributed by atoms with E-state index in [9.17, 15) is 4.79 Å². The first-order valence-electron chi connectivity index (χ1n) is 6.39. The molecular weight excluding hydrogens is 204 g/mol. The second-order valence-corrected chi connectivity index (χ2v) is 4.80. The molecule has 0 spiro atoms. The van der Waals surface area contributed by atoms with Gasteiger partial charge in [-0.1, -0.05) is 0 Å². The average Bonchev–Trinajstić information content (AvgIpc) is 2.31. The number of nitrogens with zero attached hydrogens (tertiary/aromatic N) is 1. The van der Waals surface area contributed by atoms with Crippen molar-refractivity contribution in [3.8, 4) is 0 Å². The molecule has 0 aliphatic carbocycles. The van der Waals surface area contributed by atoms with Crippen LogP contribution in [0, 0.1) is 0 Å². The normalized spacial score (nSPS) is 28.1. The summed E-state index contributed by atoms with van der Waals surface area (Å²) in [5.74, 6) is 0.201. The molecular formula is C12H22N2O2.